The summed E-state index contributed by atoms with van der Waals surface area (Å²) in [6.07, 6.45) is 0. The monoisotopic (exact) mass is 391 g/mol. The molecule has 1 aromatic rings. The Morgan fingerprint density at radius 2 is 1.67 bits per heavy atom. The number of hydrogen-bond acceptors (Lipinski definition) is 6. The molecule has 0 aliphatic carbocycles. The fourth-order valence-electron chi connectivity index (χ4n) is 1.56. The maximum absolute atomic E-state index is 12.2. The van der Waals surface area contributed by atoms with Gasteiger partial charge in [-0.3, -0.25) is 0 Å². The van der Waals surface area contributed by atoms with Crippen LogP contribution in [0.15, 0.2) is 24.3 Å². The van der Waals surface area contributed by atoms with Gasteiger partial charge in [0.15, 0.2) is 0 Å². The Bertz CT molecular complexity index is 744. The Morgan fingerprint density at radius 1 is 1.12 bits per heavy atom. The SMILES string of the molecule is COCCNS(=O)(=O)C(C)c1ccc(OS(=O)(=O)C(F)(F)F)cc1. The van der Waals surface area contributed by atoms with Gasteiger partial charge in [-0.2, -0.15) is 21.6 Å². The molecular formula is C12H16F3NO6S2. The smallest absolute Gasteiger partial charge is 0.383 e. The number of methoxy groups -OCH3 is 1. The molecule has 0 saturated heterocycles. The molecule has 0 radical (unpaired) electrons. The molecule has 0 aliphatic heterocycles. The van der Waals surface area contributed by atoms with Crippen LogP contribution in [0.1, 0.15) is 17.7 Å². The molecule has 1 rings (SSSR count). The summed E-state index contributed by atoms with van der Waals surface area (Å²) in [7, 11) is -8.09. The fraction of sp³-hybridized carbons (Fsp3) is 0.500. The summed E-state index contributed by atoms with van der Waals surface area (Å²) in [6.45, 7) is 1.61. The predicted molar refractivity (Wildman–Crippen MR) is 79.3 cm³/mol. The van der Waals surface area contributed by atoms with Crippen molar-refractivity contribution in [2.45, 2.75) is 17.7 Å². The van der Waals surface area contributed by atoms with Crippen molar-refractivity contribution in [3.8, 4) is 5.75 Å². The van der Waals surface area contributed by atoms with E-state index in [2.05, 4.69) is 8.91 Å². The van der Waals surface area contributed by atoms with Crippen LogP contribution < -0.4 is 8.91 Å². The summed E-state index contributed by atoms with van der Waals surface area (Å²) in [5.41, 5.74) is -5.30. The number of nitrogens with one attached hydrogen (secondary N) is 1. The minimum Gasteiger partial charge on any atom is -0.383 e. The summed E-state index contributed by atoms with van der Waals surface area (Å²) in [5, 5.41) is -1.01. The summed E-state index contributed by atoms with van der Waals surface area (Å²) >= 11 is 0. The van der Waals surface area contributed by atoms with Crippen LogP contribution in [0.25, 0.3) is 0 Å². The average molecular weight is 391 g/mol. The Balaban J connectivity index is 2.88. The van der Waals surface area contributed by atoms with Crippen LogP contribution in [-0.4, -0.2) is 42.6 Å². The minimum atomic E-state index is -5.77. The molecule has 24 heavy (non-hydrogen) atoms. The van der Waals surface area contributed by atoms with E-state index in [1.54, 1.807) is 0 Å². The van der Waals surface area contributed by atoms with Crippen molar-refractivity contribution in [1.82, 2.24) is 4.72 Å². The fourth-order valence-corrected chi connectivity index (χ4v) is 3.15. The van der Waals surface area contributed by atoms with E-state index >= 15 is 0 Å². The predicted octanol–water partition coefficient (Wildman–Crippen LogP) is 1.54. The third kappa shape index (κ3) is 5.33. The Hall–Kier alpha value is -1.37. The quantitative estimate of drug-likeness (QED) is 0.410. The summed E-state index contributed by atoms with van der Waals surface area (Å²) < 4.78 is 93.4. The van der Waals surface area contributed by atoms with Gasteiger partial charge in [0.05, 0.1) is 11.9 Å². The van der Waals surface area contributed by atoms with Gasteiger partial charge in [-0.25, -0.2) is 13.1 Å². The number of benzene rings is 1. The zero-order valence-electron chi connectivity index (χ0n) is 12.7. The topological polar surface area (TPSA) is 98.8 Å². The maximum atomic E-state index is 12.2. The van der Waals surface area contributed by atoms with Crippen LogP contribution >= 0.6 is 0 Å². The number of halogens is 3. The first kappa shape index (κ1) is 20.7. The standard InChI is InChI=1S/C12H16F3NO6S2/c1-9(23(17,18)16-7-8-21-2)10-3-5-11(6-4-10)22-24(19,20)12(13,14)15/h3-6,9,16H,7-8H2,1-2H3. The van der Waals surface area contributed by atoms with Crippen molar-refractivity contribution >= 4 is 20.1 Å². The van der Waals surface area contributed by atoms with Gasteiger partial charge in [0.1, 0.15) is 5.75 Å². The first-order valence-electron chi connectivity index (χ1n) is 6.49. The van der Waals surface area contributed by atoms with Crippen LogP contribution in [0.2, 0.25) is 0 Å². The third-order valence-corrected chi connectivity index (χ3v) is 5.70. The molecule has 0 amide bonds. The zero-order valence-corrected chi connectivity index (χ0v) is 14.3. The highest BCUT2D eigenvalue weighted by Gasteiger charge is 2.48. The summed E-state index contributed by atoms with van der Waals surface area (Å²) in [5.74, 6) is -0.576. The number of rotatable bonds is 8. The Morgan fingerprint density at radius 3 is 2.12 bits per heavy atom. The molecular weight excluding hydrogens is 375 g/mol. The molecule has 12 heteroatoms. The molecule has 0 heterocycles. The minimum absolute atomic E-state index is 0.0637. The molecule has 138 valence electrons. The molecule has 0 fully saturated rings. The van der Waals surface area contributed by atoms with Gasteiger partial charge in [-0.15, -0.1) is 0 Å². The highest BCUT2D eigenvalue weighted by molar-refractivity contribution is 7.89. The van der Waals surface area contributed by atoms with Crippen molar-refractivity contribution in [1.29, 1.82) is 0 Å². The maximum Gasteiger partial charge on any atom is 0.534 e. The lowest BCUT2D eigenvalue weighted by Crippen LogP contribution is -2.30. The van der Waals surface area contributed by atoms with Crippen molar-refractivity contribution < 1.29 is 38.9 Å². The molecule has 1 aromatic carbocycles. The lowest BCUT2D eigenvalue weighted by atomic mass is 10.2. The summed E-state index contributed by atoms with van der Waals surface area (Å²) in [4.78, 5) is 0. The Labute approximate surface area is 137 Å². The molecule has 7 nitrogen and oxygen atoms in total. The van der Waals surface area contributed by atoms with Gasteiger partial charge in [0, 0.05) is 13.7 Å². The molecule has 0 bridgehead atoms. The normalized spacial score (nSPS) is 14.4. The zero-order chi connectivity index (χ0) is 18.6. The van der Waals surface area contributed by atoms with Crippen molar-refractivity contribution in [3.63, 3.8) is 0 Å². The van der Waals surface area contributed by atoms with Crippen LogP contribution in [0.5, 0.6) is 5.75 Å². The van der Waals surface area contributed by atoms with Crippen molar-refractivity contribution in [2.24, 2.45) is 0 Å². The number of hydrogen-bond donors (Lipinski definition) is 1. The molecule has 0 saturated carbocycles. The number of sulfonamides is 1. The highest BCUT2D eigenvalue weighted by atomic mass is 32.2. The van der Waals surface area contributed by atoms with Gasteiger partial charge in [0.2, 0.25) is 10.0 Å². The molecule has 1 unspecified atom stereocenters. The van der Waals surface area contributed by atoms with Crippen molar-refractivity contribution in [2.75, 3.05) is 20.3 Å². The Kier molecular flexibility index (Phi) is 6.61. The van der Waals surface area contributed by atoms with E-state index in [1.165, 1.54) is 26.2 Å². The van der Waals surface area contributed by atoms with E-state index < -0.39 is 36.6 Å². The first-order valence-corrected chi connectivity index (χ1v) is 9.44. The first-order chi connectivity index (χ1) is 10.9. The molecule has 0 spiro atoms. The van der Waals surface area contributed by atoms with E-state index in [9.17, 15) is 30.0 Å². The lowest BCUT2D eigenvalue weighted by Gasteiger charge is -2.15. The van der Waals surface area contributed by atoms with Gasteiger partial charge in [0.25, 0.3) is 0 Å². The molecule has 1 atom stereocenters. The number of ether oxygens (including phenoxy) is 1. The van der Waals surface area contributed by atoms with Gasteiger partial charge in [-0.05, 0) is 24.6 Å². The average Bonchev–Trinajstić information content (AvgIpc) is 2.46. The summed E-state index contributed by atoms with van der Waals surface area (Å²) in [6, 6.07) is 4.22. The molecule has 0 aliphatic rings. The molecule has 1 N–H and O–H groups in total. The second-order valence-corrected chi connectivity index (χ2v) is 8.25. The van der Waals surface area contributed by atoms with Crippen LogP contribution in [0, 0.1) is 0 Å². The largest absolute Gasteiger partial charge is 0.534 e. The lowest BCUT2D eigenvalue weighted by molar-refractivity contribution is -0.0500. The second kappa shape index (κ2) is 7.68. The van der Waals surface area contributed by atoms with Gasteiger partial charge >= 0.3 is 15.6 Å². The van der Waals surface area contributed by atoms with E-state index in [0.717, 1.165) is 12.1 Å². The van der Waals surface area contributed by atoms with Crippen LogP contribution in [0.4, 0.5) is 13.2 Å². The van der Waals surface area contributed by atoms with E-state index in [0.29, 0.717) is 0 Å². The highest BCUT2D eigenvalue weighted by Crippen LogP contribution is 2.28. The van der Waals surface area contributed by atoms with Gasteiger partial charge in [-0.1, -0.05) is 12.1 Å². The van der Waals surface area contributed by atoms with E-state index in [4.69, 9.17) is 4.74 Å². The van der Waals surface area contributed by atoms with Gasteiger partial charge < -0.3 is 8.92 Å². The van der Waals surface area contributed by atoms with E-state index in [-0.39, 0.29) is 18.7 Å². The van der Waals surface area contributed by atoms with Crippen LogP contribution in [-0.2, 0) is 24.9 Å². The van der Waals surface area contributed by atoms with E-state index in [1.807, 2.05) is 0 Å². The van der Waals surface area contributed by atoms with Crippen molar-refractivity contribution in [3.05, 3.63) is 29.8 Å². The third-order valence-electron chi connectivity index (χ3n) is 2.91. The van der Waals surface area contributed by atoms with Crippen LogP contribution in [0.3, 0.4) is 0 Å². The second-order valence-electron chi connectivity index (χ2n) is 4.63. The number of alkyl halides is 3. The molecule has 0 aromatic heterocycles.